The molecule has 5 nitrogen and oxygen atoms in total. The lowest BCUT2D eigenvalue weighted by Gasteiger charge is -2.37. The van der Waals surface area contributed by atoms with Crippen LogP contribution < -0.4 is 5.32 Å². The summed E-state index contributed by atoms with van der Waals surface area (Å²) in [5.41, 5.74) is 0. The highest BCUT2D eigenvalue weighted by atomic mass is 16.5. The lowest BCUT2D eigenvalue weighted by molar-refractivity contribution is -0.146. The van der Waals surface area contributed by atoms with Gasteiger partial charge in [-0.15, -0.1) is 0 Å². The molecule has 3 atom stereocenters. The predicted octanol–water partition coefficient (Wildman–Crippen LogP) is 1.46. The summed E-state index contributed by atoms with van der Waals surface area (Å²) in [5, 5.41) is 2.92. The molecular formula is C15H26N2O3. The molecule has 2 fully saturated rings. The van der Waals surface area contributed by atoms with E-state index < -0.39 is 0 Å². The Kier molecular flexibility index (Phi) is 5.40. The fraction of sp³-hybridized carbons (Fsp3) is 0.867. The molecule has 0 radical (unpaired) electrons. The molecule has 1 N–H and O–H groups in total. The van der Waals surface area contributed by atoms with Gasteiger partial charge in [0.25, 0.3) is 0 Å². The molecular weight excluding hydrogens is 256 g/mol. The second-order valence-corrected chi connectivity index (χ2v) is 5.84. The van der Waals surface area contributed by atoms with E-state index >= 15 is 0 Å². The Hall–Kier alpha value is -1.10. The summed E-state index contributed by atoms with van der Waals surface area (Å²) in [4.78, 5) is 25.4. The van der Waals surface area contributed by atoms with Gasteiger partial charge >= 0.3 is 0 Å². The largest absolute Gasteiger partial charge is 0.371 e. The third kappa shape index (κ3) is 3.95. The minimum Gasteiger partial charge on any atom is -0.371 e. The summed E-state index contributed by atoms with van der Waals surface area (Å²) in [7, 11) is 0. The van der Waals surface area contributed by atoms with E-state index in [0.717, 1.165) is 25.7 Å². The number of amides is 2. The van der Waals surface area contributed by atoms with Crippen molar-refractivity contribution in [3.05, 3.63) is 0 Å². The quantitative estimate of drug-likeness (QED) is 0.830. The minimum atomic E-state index is 0.117. The van der Waals surface area contributed by atoms with E-state index in [-0.39, 0.29) is 30.1 Å². The van der Waals surface area contributed by atoms with Crippen LogP contribution in [-0.2, 0) is 14.3 Å². The van der Waals surface area contributed by atoms with E-state index in [4.69, 9.17) is 4.74 Å². The second kappa shape index (κ2) is 7.07. The van der Waals surface area contributed by atoms with Gasteiger partial charge in [-0.1, -0.05) is 13.8 Å². The molecule has 2 aliphatic heterocycles. The zero-order valence-corrected chi connectivity index (χ0v) is 12.6. The van der Waals surface area contributed by atoms with Crippen LogP contribution >= 0.6 is 0 Å². The molecule has 0 aromatic rings. The molecule has 0 saturated carbocycles. The van der Waals surface area contributed by atoms with Gasteiger partial charge in [0.15, 0.2) is 0 Å². The Labute approximate surface area is 121 Å². The number of rotatable bonds is 5. The molecule has 5 heteroatoms. The van der Waals surface area contributed by atoms with Crippen molar-refractivity contribution in [2.45, 2.75) is 70.6 Å². The van der Waals surface area contributed by atoms with Crippen molar-refractivity contribution in [1.29, 1.82) is 0 Å². The molecule has 20 heavy (non-hydrogen) atoms. The molecule has 0 spiro atoms. The highest BCUT2D eigenvalue weighted by molar-refractivity contribution is 5.79. The normalized spacial score (nSPS) is 30.4. The number of hydrogen-bond acceptors (Lipinski definition) is 3. The average Bonchev–Trinajstić information content (AvgIpc) is 2.89. The van der Waals surface area contributed by atoms with Crippen LogP contribution in [-0.4, -0.2) is 48.1 Å². The van der Waals surface area contributed by atoms with Gasteiger partial charge in [0.2, 0.25) is 11.8 Å². The Bertz CT molecular complexity index is 347. The smallest absolute Gasteiger partial charge is 0.222 e. The maximum Gasteiger partial charge on any atom is 0.222 e. The third-order valence-electron chi connectivity index (χ3n) is 4.29. The Morgan fingerprint density at radius 1 is 1.30 bits per heavy atom. The maximum atomic E-state index is 12.3. The SMILES string of the molecule is CCC1CN(C(=O)CCC2CCC(=O)N2)CC(CC)O1. The van der Waals surface area contributed by atoms with E-state index in [1.807, 2.05) is 4.90 Å². The van der Waals surface area contributed by atoms with E-state index in [0.29, 0.717) is 25.9 Å². The molecule has 0 aromatic carbocycles. The lowest BCUT2D eigenvalue weighted by Crippen LogP contribution is -2.49. The van der Waals surface area contributed by atoms with E-state index in [1.54, 1.807) is 0 Å². The van der Waals surface area contributed by atoms with E-state index in [1.165, 1.54) is 0 Å². The average molecular weight is 282 g/mol. The summed E-state index contributed by atoms with van der Waals surface area (Å²) in [6.07, 6.45) is 4.98. The van der Waals surface area contributed by atoms with Gasteiger partial charge in [0, 0.05) is 32.0 Å². The molecule has 2 rings (SSSR count). The van der Waals surface area contributed by atoms with Crippen molar-refractivity contribution in [1.82, 2.24) is 10.2 Å². The first-order chi connectivity index (χ1) is 9.62. The number of carbonyl (C=O) groups excluding carboxylic acids is 2. The topological polar surface area (TPSA) is 58.6 Å². The lowest BCUT2D eigenvalue weighted by atomic mass is 10.1. The number of hydrogen-bond donors (Lipinski definition) is 1. The van der Waals surface area contributed by atoms with Crippen LogP contribution in [0.4, 0.5) is 0 Å². The first-order valence-corrected chi connectivity index (χ1v) is 7.85. The molecule has 0 aromatic heterocycles. The molecule has 2 heterocycles. The number of ether oxygens (including phenoxy) is 1. The summed E-state index contributed by atoms with van der Waals surface area (Å²) in [6, 6.07) is 0.191. The summed E-state index contributed by atoms with van der Waals surface area (Å²) >= 11 is 0. The highest BCUT2D eigenvalue weighted by Crippen LogP contribution is 2.18. The van der Waals surface area contributed by atoms with Gasteiger partial charge in [-0.25, -0.2) is 0 Å². The zero-order valence-electron chi connectivity index (χ0n) is 12.6. The number of nitrogens with one attached hydrogen (secondary N) is 1. The van der Waals surface area contributed by atoms with Crippen molar-refractivity contribution >= 4 is 11.8 Å². The third-order valence-corrected chi connectivity index (χ3v) is 4.29. The second-order valence-electron chi connectivity index (χ2n) is 5.84. The monoisotopic (exact) mass is 282 g/mol. The summed E-state index contributed by atoms with van der Waals surface area (Å²) < 4.78 is 5.91. The molecule has 2 amide bonds. The van der Waals surface area contributed by atoms with Crippen LogP contribution in [0.15, 0.2) is 0 Å². The van der Waals surface area contributed by atoms with Gasteiger partial charge in [-0.05, 0) is 25.7 Å². The maximum absolute atomic E-state index is 12.3. The van der Waals surface area contributed by atoms with Gasteiger partial charge in [0.05, 0.1) is 12.2 Å². The Morgan fingerprint density at radius 2 is 1.95 bits per heavy atom. The van der Waals surface area contributed by atoms with Crippen LogP contribution in [0.2, 0.25) is 0 Å². The van der Waals surface area contributed by atoms with E-state index in [9.17, 15) is 9.59 Å². The Morgan fingerprint density at radius 3 is 2.45 bits per heavy atom. The minimum absolute atomic E-state index is 0.117. The van der Waals surface area contributed by atoms with E-state index in [2.05, 4.69) is 19.2 Å². The van der Waals surface area contributed by atoms with Gasteiger partial charge < -0.3 is 15.0 Å². The Balaban J connectivity index is 1.80. The first kappa shape index (κ1) is 15.3. The van der Waals surface area contributed by atoms with Gasteiger partial charge in [-0.3, -0.25) is 9.59 Å². The predicted molar refractivity (Wildman–Crippen MR) is 76.2 cm³/mol. The van der Waals surface area contributed by atoms with Crippen molar-refractivity contribution in [2.75, 3.05) is 13.1 Å². The number of nitrogens with zero attached hydrogens (tertiary/aromatic N) is 1. The molecule has 3 unspecified atom stereocenters. The van der Waals surface area contributed by atoms with Crippen molar-refractivity contribution in [3.63, 3.8) is 0 Å². The van der Waals surface area contributed by atoms with Crippen LogP contribution in [0.25, 0.3) is 0 Å². The molecule has 0 bridgehead atoms. The zero-order chi connectivity index (χ0) is 14.5. The summed E-state index contributed by atoms with van der Waals surface area (Å²) in [6.45, 7) is 5.62. The van der Waals surface area contributed by atoms with Gasteiger partial charge in [0.1, 0.15) is 0 Å². The summed E-state index contributed by atoms with van der Waals surface area (Å²) in [5.74, 6) is 0.317. The number of carbonyl (C=O) groups is 2. The van der Waals surface area contributed by atoms with Crippen molar-refractivity contribution < 1.29 is 14.3 Å². The number of morpholine rings is 1. The van der Waals surface area contributed by atoms with Crippen LogP contribution in [0.1, 0.15) is 52.4 Å². The van der Waals surface area contributed by atoms with Crippen LogP contribution in [0.5, 0.6) is 0 Å². The standard InChI is InChI=1S/C15H26N2O3/c1-3-12-9-17(10-13(4-2)20-12)15(19)8-6-11-5-7-14(18)16-11/h11-13H,3-10H2,1-2H3,(H,16,18). The fourth-order valence-electron chi connectivity index (χ4n) is 2.93. The van der Waals surface area contributed by atoms with Gasteiger partial charge in [-0.2, -0.15) is 0 Å². The molecule has 114 valence electrons. The molecule has 2 saturated heterocycles. The first-order valence-electron chi connectivity index (χ1n) is 7.85. The fourth-order valence-corrected chi connectivity index (χ4v) is 2.93. The highest BCUT2D eigenvalue weighted by Gasteiger charge is 2.29. The van der Waals surface area contributed by atoms with Crippen molar-refractivity contribution in [2.24, 2.45) is 0 Å². The molecule has 0 aliphatic carbocycles. The molecule has 2 aliphatic rings. The van der Waals surface area contributed by atoms with Crippen LogP contribution in [0, 0.1) is 0 Å². The van der Waals surface area contributed by atoms with Crippen LogP contribution in [0.3, 0.4) is 0 Å². The van der Waals surface area contributed by atoms with Crippen molar-refractivity contribution in [3.8, 4) is 0 Å².